The maximum Gasteiger partial charge on any atom is 0.257 e. The molecule has 1 aliphatic heterocycles. The van der Waals surface area contributed by atoms with Gasteiger partial charge in [-0.05, 0) is 30.7 Å². The first-order chi connectivity index (χ1) is 12.7. The second-order valence-electron chi connectivity index (χ2n) is 6.32. The van der Waals surface area contributed by atoms with Crippen LogP contribution in [-0.2, 0) is 11.3 Å². The van der Waals surface area contributed by atoms with Gasteiger partial charge < -0.3 is 14.3 Å². The van der Waals surface area contributed by atoms with E-state index in [4.69, 9.17) is 4.52 Å². The van der Waals surface area contributed by atoms with Crippen molar-refractivity contribution < 1.29 is 9.32 Å². The van der Waals surface area contributed by atoms with Crippen LogP contribution < -0.4 is 9.80 Å². The number of hydrogen-bond donors (Lipinski definition) is 0. The summed E-state index contributed by atoms with van der Waals surface area (Å²) in [5.41, 5.74) is 2.86. The van der Waals surface area contributed by atoms with Crippen LogP contribution in [0.25, 0.3) is 11.5 Å². The third kappa shape index (κ3) is 3.18. The van der Waals surface area contributed by atoms with Gasteiger partial charge in [-0.3, -0.25) is 4.79 Å². The van der Waals surface area contributed by atoms with Gasteiger partial charge in [0.05, 0.1) is 17.9 Å². The minimum Gasteiger partial charge on any atom is -0.362 e. The Morgan fingerprint density at radius 2 is 1.77 bits per heavy atom. The van der Waals surface area contributed by atoms with Gasteiger partial charge in [0.2, 0.25) is 5.91 Å². The summed E-state index contributed by atoms with van der Waals surface area (Å²) in [5.74, 6) is 1.22. The number of amides is 1. The lowest BCUT2D eigenvalue weighted by Crippen LogP contribution is -2.28. The Morgan fingerprint density at radius 1 is 1.04 bits per heavy atom. The van der Waals surface area contributed by atoms with Gasteiger partial charge in [0.1, 0.15) is 0 Å². The molecule has 1 aromatic heterocycles. The quantitative estimate of drug-likeness (QED) is 0.725. The summed E-state index contributed by atoms with van der Waals surface area (Å²) in [7, 11) is 0. The highest BCUT2D eigenvalue weighted by Gasteiger charge is 2.23. The molecule has 2 aromatic carbocycles. The normalized spacial score (nSPS) is 14.0. The zero-order valence-electron chi connectivity index (χ0n) is 14.6. The molecule has 1 aliphatic rings. The van der Waals surface area contributed by atoms with E-state index >= 15 is 0 Å². The SMILES string of the molecule is CC(=O)N1CCCN(Cc2noc(-c3ccccc3)n2)c2ccccc21. The molecule has 26 heavy (non-hydrogen) atoms. The summed E-state index contributed by atoms with van der Waals surface area (Å²) in [6, 6.07) is 17.7. The van der Waals surface area contributed by atoms with E-state index in [1.165, 1.54) is 0 Å². The fourth-order valence-corrected chi connectivity index (χ4v) is 3.30. The van der Waals surface area contributed by atoms with Crippen molar-refractivity contribution in [3.8, 4) is 11.5 Å². The zero-order chi connectivity index (χ0) is 17.9. The molecule has 4 rings (SSSR count). The fraction of sp³-hybridized carbons (Fsp3) is 0.250. The van der Waals surface area contributed by atoms with E-state index in [1.807, 2.05) is 59.5 Å². The van der Waals surface area contributed by atoms with Crippen LogP contribution in [0.3, 0.4) is 0 Å². The molecule has 1 amide bonds. The maximum atomic E-state index is 12.0. The summed E-state index contributed by atoms with van der Waals surface area (Å²) in [6.07, 6.45) is 0.887. The minimum atomic E-state index is 0.0604. The molecule has 0 bridgehead atoms. The van der Waals surface area contributed by atoms with Gasteiger partial charge in [-0.2, -0.15) is 4.98 Å². The first-order valence-corrected chi connectivity index (χ1v) is 8.72. The summed E-state index contributed by atoms with van der Waals surface area (Å²) in [5, 5.41) is 4.14. The summed E-state index contributed by atoms with van der Waals surface area (Å²) < 4.78 is 5.42. The van der Waals surface area contributed by atoms with Crippen molar-refractivity contribution in [2.75, 3.05) is 22.9 Å². The van der Waals surface area contributed by atoms with Crippen LogP contribution in [0, 0.1) is 0 Å². The minimum absolute atomic E-state index is 0.0604. The Morgan fingerprint density at radius 3 is 2.54 bits per heavy atom. The lowest BCUT2D eigenvalue weighted by molar-refractivity contribution is -0.116. The highest BCUT2D eigenvalue weighted by molar-refractivity contribution is 5.95. The van der Waals surface area contributed by atoms with Crippen LogP contribution >= 0.6 is 0 Å². The number of aromatic nitrogens is 2. The number of fused-ring (bicyclic) bond motifs is 1. The molecule has 132 valence electrons. The van der Waals surface area contributed by atoms with E-state index in [0.29, 0.717) is 24.8 Å². The molecule has 6 heteroatoms. The van der Waals surface area contributed by atoms with Crippen LogP contribution in [0.1, 0.15) is 19.2 Å². The van der Waals surface area contributed by atoms with Crippen molar-refractivity contribution in [3.05, 3.63) is 60.4 Å². The van der Waals surface area contributed by atoms with Crippen molar-refractivity contribution in [1.29, 1.82) is 0 Å². The number of anilines is 2. The maximum absolute atomic E-state index is 12.0. The van der Waals surface area contributed by atoms with Gasteiger partial charge in [0.15, 0.2) is 5.82 Å². The fourth-order valence-electron chi connectivity index (χ4n) is 3.30. The lowest BCUT2D eigenvalue weighted by atomic mass is 10.2. The van der Waals surface area contributed by atoms with Gasteiger partial charge in [-0.1, -0.05) is 35.5 Å². The molecule has 6 nitrogen and oxygen atoms in total. The molecule has 2 heterocycles. The number of para-hydroxylation sites is 2. The van der Waals surface area contributed by atoms with Crippen molar-refractivity contribution in [2.45, 2.75) is 19.9 Å². The summed E-state index contributed by atoms with van der Waals surface area (Å²) in [6.45, 7) is 3.69. The number of rotatable bonds is 3. The summed E-state index contributed by atoms with van der Waals surface area (Å²) in [4.78, 5) is 20.6. The molecule has 0 radical (unpaired) electrons. The number of nitrogens with zero attached hydrogens (tertiary/aromatic N) is 4. The van der Waals surface area contributed by atoms with Gasteiger partial charge in [0, 0.05) is 25.6 Å². The molecule has 0 spiro atoms. The first-order valence-electron chi connectivity index (χ1n) is 8.72. The topological polar surface area (TPSA) is 62.5 Å². The lowest BCUT2D eigenvalue weighted by Gasteiger charge is -2.25. The monoisotopic (exact) mass is 348 g/mol. The second-order valence-corrected chi connectivity index (χ2v) is 6.32. The van der Waals surface area contributed by atoms with E-state index in [-0.39, 0.29) is 5.91 Å². The van der Waals surface area contributed by atoms with Gasteiger partial charge in [-0.15, -0.1) is 0 Å². The third-order valence-corrected chi connectivity index (χ3v) is 4.52. The van der Waals surface area contributed by atoms with E-state index in [0.717, 1.165) is 29.9 Å². The van der Waals surface area contributed by atoms with Crippen molar-refractivity contribution in [1.82, 2.24) is 10.1 Å². The van der Waals surface area contributed by atoms with E-state index < -0.39 is 0 Å². The standard InChI is InChI=1S/C20H20N4O2/c1-15(25)24-13-7-12-23(17-10-5-6-11-18(17)24)14-19-21-20(26-22-19)16-8-3-2-4-9-16/h2-6,8-11H,7,12-14H2,1H3. The Balaban J connectivity index is 1.61. The second kappa shape index (κ2) is 7.00. The summed E-state index contributed by atoms with van der Waals surface area (Å²) >= 11 is 0. The molecular formula is C20H20N4O2. The number of carbonyl (C=O) groups excluding carboxylic acids is 1. The van der Waals surface area contributed by atoms with E-state index in [9.17, 15) is 4.79 Å². The van der Waals surface area contributed by atoms with Crippen LogP contribution in [0.2, 0.25) is 0 Å². The Bertz CT molecular complexity index is 907. The van der Waals surface area contributed by atoms with Crippen LogP contribution in [0.15, 0.2) is 59.1 Å². The number of hydrogen-bond acceptors (Lipinski definition) is 5. The molecule has 0 unspecified atom stereocenters. The highest BCUT2D eigenvalue weighted by atomic mass is 16.5. The Kier molecular flexibility index (Phi) is 4.39. The number of carbonyl (C=O) groups is 1. The average molecular weight is 348 g/mol. The highest BCUT2D eigenvalue weighted by Crippen LogP contribution is 2.33. The molecule has 0 aliphatic carbocycles. The van der Waals surface area contributed by atoms with Crippen LogP contribution in [0.5, 0.6) is 0 Å². The molecule has 0 fully saturated rings. The van der Waals surface area contributed by atoms with Crippen molar-refractivity contribution in [3.63, 3.8) is 0 Å². The van der Waals surface area contributed by atoms with E-state index in [2.05, 4.69) is 15.0 Å². The Labute approximate surface area is 152 Å². The smallest absolute Gasteiger partial charge is 0.257 e. The largest absolute Gasteiger partial charge is 0.362 e. The molecular weight excluding hydrogens is 328 g/mol. The zero-order valence-corrected chi connectivity index (χ0v) is 14.6. The molecule has 0 saturated heterocycles. The third-order valence-electron chi connectivity index (χ3n) is 4.52. The van der Waals surface area contributed by atoms with Crippen LogP contribution in [-0.4, -0.2) is 29.1 Å². The average Bonchev–Trinajstić information content (AvgIpc) is 3.05. The van der Waals surface area contributed by atoms with Gasteiger partial charge in [0.25, 0.3) is 5.89 Å². The molecule has 0 atom stereocenters. The Hall–Kier alpha value is -3.15. The molecule has 3 aromatic rings. The van der Waals surface area contributed by atoms with Gasteiger partial charge in [-0.25, -0.2) is 0 Å². The first kappa shape index (κ1) is 16.3. The predicted molar refractivity (Wildman–Crippen MR) is 99.9 cm³/mol. The molecule has 0 N–H and O–H groups in total. The predicted octanol–water partition coefficient (Wildman–Crippen LogP) is 3.50. The number of benzene rings is 2. The van der Waals surface area contributed by atoms with Crippen molar-refractivity contribution in [2.24, 2.45) is 0 Å². The van der Waals surface area contributed by atoms with Gasteiger partial charge >= 0.3 is 0 Å². The van der Waals surface area contributed by atoms with E-state index in [1.54, 1.807) is 6.92 Å². The molecule has 0 saturated carbocycles. The van der Waals surface area contributed by atoms with Crippen molar-refractivity contribution >= 4 is 17.3 Å². The van der Waals surface area contributed by atoms with Crippen LogP contribution in [0.4, 0.5) is 11.4 Å².